The van der Waals surface area contributed by atoms with Crippen molar-refractivity contribution in [1.29, 1.82) is 0 Å². The van der Waals surface area contributed by atoms with Gasteiger partial charge in [-0.25, -0.2) is 0 Å². The quantitative estimate of drug-likeness (QED) is 0.443. The number of hydrogen-bond acceptors (Lipinski definition) is 4. The molecule has 0 radical (unpaired) electrons. The van der Waals surface area contributed by atoms with Gasteiger partial charge in [0.15, 0.2) is 0 Å². The third-order valence-electron chi connectivity index (χ3n) is 1.46. The highest BCUT2D eigenvalue weighted by atomic mass is 28.3. The van der Waals surface area contributed by atoms with E-state index in [2.05, 4.69) is 0 Å². The smallest absolute Gasteiger partial charge is 0.376 e. The topological polar surface area (TPSA) is 53.7 Å². The van der Waals surface area contributed by atoms with Crippen LogP contribution in [0.5, 0.6) is 0 Å². The van der Waals surface area contributed by atoms with Crippen LogP contribution in [0.15, 0.2) is 0 Å². The fourth-order valence-electron chi connectivity index (χ4n) is 0.842. The molecule has 4 nitrogen and oxygen atoms in total. The van der Waals surface area contributed by atoms with Crippen molar-refractivity contribution < 1.29 is 13.3 Å². The second-order valence-electron chi connectivity index (χ2n) is 2.57. The average molecular weight is 207 g/mol. The normalized spacial score (nSPS) is 11.1. The molecule has 0 saturated heterocycles. The van der Waals surface area contributed by atoms with Crippen molar-refractivity contribution >= 4 is 9.53 Å². The van der Waals surface area contributed by atoms with Crippen molar-refractivity contribution in [2.45, 2.75) is 26.7 Å². The van der Waals surface area contributed by atoms with Gasteiger partial charge < -0.3 is 19.0 Å². The highest BCUT2D eigenvalue weighted by Gasteiger charge is 2.12. The molecule has 0 aliphatic rings. The molecule has 0 fully saturated rings. The summed E-state index contributed by atoms with van der Waals surface area (Å²) >= 11 is 0. The van der Waals surface area contributed by atoms with Crippen molar-refractivity contribution in [3.63, 3.8) is 0 Å². The summed E-state index contributed by atoms with van der Waals surface area (Å²) in [5.74, 6) is 0. The van der Waals surface area contributed by atoms with Crippen LogP contribution in [0.4, 0.5) is 0 Å². The summed E-state index contributed by atoms with van der Waals surface area (Å²) in [4.78, 5) is 0. The zero-order valence-corrected chi connectivity index (χ0v) is 9.78. The molecule has 0 heterocycles. The zero-order chi connectivity index (χ0) is 9.94. The van der Waals surface area contributed by atoms with Gasteiger partial charge in [-0.3, -0.25) is 0 Å². The Morgan fingerprint density at radius 3 is 2.08 bits per heavy atom. The van der Waals surface area contributed by atoms with Crippen LogP contribution in [0, 0.1) is 0 Å². The Bertz CT molecular complexity index is 99.4. The summed E-state index contributed by atoms with van der Waals surface area (Å²) in [6.45, 7) is 6.64. The molecule has 0 spiro atoms. The molecule has 0 aromatic carbocycles. The van der Waals surface area contributed by atoms with Gasteiger partial charge in [-0.05, 0) is 33.2 Å². The van der Waals surface area contributed by atoms with Crippen LogP contribution in [0.3, 0.4) is 0 Å². The maximum Gasteiger partial charge on any atom is 0.484 e. The van der Waals surface area contributed by atoms with Crippen LogP contribution in [0.25, 0.3) is 0 Å². The van der Waals surface area contributed by atoms with E-state index in [9.17, 15) is 0 Å². The summed E-state index contributed by atoms with van der Waals surface area (Å²) in [5, 5.41) is 0. The van der Waals surface area contributed by atoms with Gasteiger partial charge in [0.1, 0.15) is 0 Å². The summed E-state index contributed by atoms with van der Waals surface area (Å²) in [5.41, 5.74) is 5.36. The van der Waals surface area contributed by atoms with Crippen molar-refractivity contribution in [3.05, 3.63) is 0 Å². The summed E-state index contributed by atoms with van der Waals surface area (Å²) in [6.07, 6.45) is 1.99. The molecule has 80 valence electrons. The molecular formula is C8H21NO3Si. The molecule has 13 heavy (non-hydrogen) atoms. The molecule has 0 atom stereocenters. The molecule has 0 saturated carbocycles. The lowest BCUT2D eigenvalue weighted by molar-refractivity contribution is 0.101. The molecule has 0 amide bonds. The van der Waals surface area contributed by atoms with Crippen LogP contribution in [0.1, 0.15) is 26.7 Å². The predicted octanol–water partition coefficient (Wildman–Crippen LogP) is 0.532. The minimum absolute atomic E-state index is 0.660. The summed E-state index contributed by atoms with van der Waals surface area (Å²) in [7, 11) is -1.82. The van der Waals surface area contributed by atoms with Gasteiger partial charge in [0.25, 0.3) is 0 Å². The molecule has 5 heteroatoms. The van der Waals surface area contributed by atoms with Crippen LogP contribution in [0.2, 0.25) is 0 Å². The minimum atomic E-state index is -1.82. The molecule has 0 bridgehead atoms. The van der Waals surface area contributed by atoms with E-state index in [1.54, 1.807) is 0 Å². The third-order valence-corrected chi connectivity index (χ3v) is 3.18. The van der Waals surface area contributed by atoms with Gasteiger partial charge in [-0.15, -0.1) is 0 Å². The molecule has 0 aliphatic heterocycles. The summed E-state index contributed by atoms with van der Waals surface area (Å²) in [6, 6.07) is 0. The van der Waals surface area contributed by atoms with Crippen molar-refractivity contribution in [3.8, 4) is 0 Å². The van der Waals surface area contributed by atoms with Gasteiger partial charge in [-0.1, -0.05) is 0 Å². The number of unbranched alkanes of at least 4 members (excludes halogenated alkanes) is 1. The molecule has 0 unspecified atom stereocenters. The highest BCUT2D eigenvalue weighted by molar-refractivity contribution is 6.36. The van der Waals surface area contributed by atoms with Gasteiger partial charge >= 0.3 is 9.53 Å². The summed E-state index contributed by atoms with van der Waals surface area (Å²) < 4.78 is 16.1. The lowest BCUT2D eigenvalue weighted by Crippen LogP contribution is -2.27. The minimum Gasteiger partial charge on any atom is -0.376 e. The van der Waals surface area contributed by atoms with E-state index < -0.39 is 9.53 Å². The molecule has 0 aliphatic carbocycles. The number of nitrogens with two attached hydrogens (primary N) is 1. The second-order valence-corrected chi connectivity index (χ2v) is 4.14. The largest absolute Gasteiger partial charge is 0.484 e. The Kier molecular flexibility index (Phi) is 10.2. The molecule has 0 rings (SSSR count). The number of hydrogen-bond donors (Lipinski definition) is 1. The maximum atomic E-state index is 5.46. The fraction of sp³-hybridized carbons (Fsp3) is 1.00. The Morgan fingerprint density at radius 1 is 1.00 bits per heavy atom. The van der Waals surface area contributed by atoms with E-state index in [1.165, 1.54) is 0 Å². The first-order valence-corrected chi connectivity index (χ1v) is 6.31. The van der Waals surface area contributed by atoms with Gasteiger partial charge in [0, 0.05) is 19.8 Å². The lowest BCUT2D eigenvalue weighted by atomic mass is 10.3. The predicted molar refractivity (Wildman–Crippen MR) is 54.6 cm³/mol. The first kappa shape index (κ1) is 13.1. The third kappa shape index (κ3) is 8.39. The van der Waals surface area contributed by atoms with E-state index in [1.807, 2.05) is 13.8 Å². The van der Waals surface area contributed by atoms with Crippen LogP contribution in [-0.2, 0) is 13.3 Å². The van der Waals surface area contributed by atoms with Crippen LogP contribution in [-0.4, -0.2) is 35.9 Å². The van der Waals surface area contributed by atoms with Gasteiger partial charge in [0.2, 0.25) is 0 Å². The van der Waals surface area contributed by atoms with E-state index in [0.717, 1.165) is 19.4 Å². The Morgan fingerprint density at radius 2 is 1.62 bits per heavy atom. The van der Waals surface area contributed by atoms with E-state index >= 15 is 0 Å². The van der Waals surface area contributed by atoms with Gasteiger partial charge in [-0.2, -0.15) is 0 Å². The standard InChI is InChI=1S/C8H21NO3Si/c1-3-10-13(11-4-2)12-8-6-5-7-9/h13H,3-9H2,1-2H3. The van der Waals surface area contributed by atoms with Crippen molar-refractivity contribution in [2.75, 3.05) is 26.4 Å². The molecule has 2 N–H and O–H groups in total. The van der Waals surface area contributed by atoms with E-state index in [0.29, 0.717) is 19.8 Å². The molecule has 0 aromatic rings. The monoisotopic (exact) mass is 207 g/mol. The Labute approximate surface area is 82.3 Å². The average Bonchev–Trinajstić information content (AvgIpc) is 2.13. The van der Waals surface area contributed by atoms with Crippen molar-refractivity contribution in [2.24, 2.45) is 5.73 Å². The maximum absolute atomic E-state index is 5.46. The zero-order valence-electron chi connectivity index (χ0n) is 8.62. The first-order chi connectivity index (χ1) is 6.35. The second kappa shape index (κ2) is 10.1. The van der Waals surface area contributed by atoms with E-state index in [4.69, 9.17) is 19.0 Å². The fourth-order valence-corrected chi connectivity index (χ4v) is 2.03. The Hall–Kier alpha value is 0.0569. The van der Waals surface area contributed by atoms with E-state index in [-0.39, 0.29) is 0 Å². The van der Waals surface area contributed by atoms with Crippen LogP contribution < -0.4 is 5.73 Å². The molecular weight excluding hydrogens is 186 g/mol. The highest BCUT2D eigenvalue weighted by Crippen LogP contribution is 1.95. The van der Waals surface area contributed by atoms with Crippen LogP contribution >= 0.6 is 0 Å². The molecule has 0 aromatic heterocycles. The lowest BCUT2D eigenvalue weighted by Gasteiger charge is -2.14. The van der Waals surface area contributed by atoms with Gasteiger partial charge in [0.05, 0.1) is 0 Å². The number of rotatable bonds is 9. The SMILES string of the molecule is CCO[SiH](OCC)OCCCCN. The Balaban J connectivity index is 3.33. The first-order valence-electron chi connectivity index (χ1n) is 4.90. The van der Waals surface area contributed by atoms with Crippen molar-refractivity contribution in [1.82, 2.24) is 0 Å².